The molecule has 2 atom stereocenters. The summed E-state index contributed by atoms with van der Waals surface area (Å²) in [6, 6.07) is 8.91. The predicted octanol–water partition coefficient (Wildman–Crippen LogP) is 3.64. The van der Waals surface area contributed by atoms with Gasteiger partial charge in [-0.1, -0.05) is 44.2 Å². The second kappa shape index (κ2) is 17.2. The summed E-state index contributed by atoms with van der Waals surface area (Å²) in [4.78, 5) is 64.1. The van der Waals surface area contributed by atoms with Crippen molar-refractivity contribution in [3.8, 4) is 0 Å². The molecule has 4 bridgehead atoms. The Kier molecular flexibility index (Phi) is 12.5. The third-order valence-electron chi connectivity index (χ3n) is 8.06. The summed E-state index contributed by atoms with van der Waals surface area (Å²) in [5, 5.41) is 25.2. The van der Waals surface area contributed by atoms with Crippen molar-refractivity contribution >= 4 is 46.3 Å². The molecular formula is C33H42N10O4S2. The van der Waals surface area contributed by atoms with E-state index in [0.717, 1.165) is 5.56 Å². The number of rotatable bonds is 7. The van der Waals surface area contributed by atoms with Crippen LogP contribution in [0.15, 0.2) is 41.1 Å². The van der Waals surface area contributed by atoms with Crippen molar-refractivity contribution in [2.45, 2.75) is 77.9 Å². The van der Waals surface area contributed by atoms with Gasteiger partial charge in [-0.15, -0.1) is 27.8 Å². The lowest BCUT2D eigenvalue weighted by Gasteiger charge is -2.23. The number of carbonyl (C=O) groups is 4. The van der Waals surface area contributed by atoms with Gasteiger partial charge in [-0.05, 0) is 54.5 Å². The minimum Gasteiger partial charge on any atom is -0.351 e. The summed E-state index contributed by atoms with van der Waals surface area (Å²) in [6.45, 7) is 7.37. The van der Waals surface area contributed by atoms with Gasteiger partial charge in [-0.2, -0.15) is 0 Å². The largest absolute Gasteiger partial charge is 0.351 e. The lowest BCUT2D eigenvalue weighted by atomic mass is 10.0. The van der Waals surface area contributed by atoms with Crippen LogP contribution < -0.4 is 16.0 Å². The summed E-state index contributed by atoms with van der Waals surface area (Å²) in [5.41, 5.74) is 1.53. The number of thiazole rings is 2. The predicted molar refractivity (Wildman–Crippen MR) is 185 cm³/mol. The number of fused-ring (bicyclic) bond motifs is 4. The molecule has 0 aliphatic carbocycles. The number of benzene rings is 1. The van der Waals surface area contributed by atoms with Crippen LogP contribution in [-0.2, 0) is 22.6 Å². The van der Waals surface area contributed by atoms with Crippen molar-refractivity contribution in [3.63, 3.8) is 0 Å². The standard InChI is InChI=1S/C33H42N10O4S2/c1-21(2)17-24-32-38-27(20-49-32)31(47)36-25(18-23-9-5-4-6-10-23)33-37-26(19-48-33)30(46)34-13-8-15-42(14-7-11-28(44)35-24)29(45)12-16-43-22(3)39-40-41-43/h4-6,9-10,19-21,24-25H,7-8,11-18H2,1-3H3,(H,34,46)(H,35,44)(H,36,47)/t24-,25-/m0/s1. The first kappa shape index (κ1) is 35.7. The van der Waals surface area contributed by atoms with Gasteiger partial charge in [0.05, 0.1) is 18.6 Å². The molecule has 0 saturated heterocycles. The Hall–Kier alpha value is -4.57. The molecule has 0 unspecified atom stereocenters. The summed E-state index contributed by atoms with van der Waals surface area (Å²) < 4.78 is 1.58. The highest BCUT2D eigenvalue weighted by atomic mass is 32.1. The van der Waals surface area contributed by atoms with Crippen LogP contribution in [0.4, 0.5) is 0 Å². The molecule has 0 spiro atoms. The van der Waals surface area contributed by atoms with Gasteiger partial charge in [0.1, 0.15) is 27.2 Å². The summed E-state index contributed by atoms with van der Waals surface area (Å²) in [7, 11) is 0. The van der Waals surface area contributed by atoms with Crippen LogP contribution in [0.2, 0.25) is 0 Å². The Bertz CT molecular complexity index is 1720. The van der Waals surface area contributed by atoms with Crippen molar-refractivity contribution in [1.29, 1.82) is 0 Å². The Morgan fingerprint density at radius 3 is 2.33 bits per heavy atom. The minimum atomic E-state index is -0.497. The molecule has 260 valence electrons. The van der Waals surface area contributed by atoms with Gasteiger partial charge in [0.15, 0.2) is 0 Å². The number of nitrogens with one attached hydrogen (secondary N) is 3. The monoisotopic (exact) mass is 706 g/mol. The van der Waals surface area contributed by atoms with E-state index in [0.29, 0.717) is 67.7 Å². The highest BCUT2D eigenvalue weighted by Gasteiger charge is 2.26. The number of carbonyl (C=O) groups excluding carboxylic acids is 4. The van der Waals surface area contributed by atoms with Gasteiger partial charge in [-0.3, -0.25) is 19.2 Å². The van der Waals surface area contributed by atoms with Crippen molar-refractivity contribution in [1.82, 2.24) is 51.0 Å². The SMILES string of the molecule is Cc1nnnn1CCC(=O)N1CCCNC(=O)c2csc(n2)[C@H](Cc2ccccc2)NC(=O)c2csc(n2)[C@H](CC(C)C)NC(=O)CCC1. The number of nitrogens with zero attached hydrogens (tertiary/aromatic N) is 7. The molecular weight excluding hydrogens is 665 g/mol. The first-order valence-electron chi connectivity index (χ1n) is 16.5. The summed E-state index contributed by atoms with van der Waals surface area (Å²) in [6.07, 6.45) is 2.51. The van der Waals surface area contributed by atoms with Gasteiger partial charge in [0, 0.05) is 43.2 Å². The van der Waals surface area contributed by atoms with Gasteiger partial charge in [0.25, 0.3) is 11.8 Å². The van der Waals surface area contributed by atoms with E-state index in [1.165, 1.54) is 22.7 Å². The fraction of sp³-hybridized carbons (Fsp3) is 0.485. The smallest absolute Gasteiger partial charge is 0.271 e. The van der Waals surface area contributed by atoms with E-state index in [-0.39, 0.29) is 59.8 Å². The number of hydrogen-bond donors (Lipinski definition) is 3. The average Bonchev–Trinajstić information content (AvgIpc) is 3.86. The molecule has 1 aliphatic heterocycles. The fourth-order valence-electron chi connectivity index (χ4n) is 5.51. The van der Waals surface area contributed by atoms with Crippen molar-refractivity contribution < 1.29 is 19.2 Å². The second-order valence-electron chi connectivity index (χ2n) is 12.4. The van der Waals surface area contributed by atoms with E-state index in [4.69, 9.17) is 0 Å². The van der Waals surface area contributed by atoms with Gasteiger partial charge >= 0.3 is 0 Å². The van der Waals surface area contributed by atoms with Crippen molar-refractivity contribution in [3.05, 3.63) is 73.9 Å². The Morgan fingerprint density at radius 1 is 0.939 bits per heavy atom. The first-order valence-corrected chi connectivity index (χ1v) is 18.3. The fourth-order valence-corrected chi connectivity index (χ4v) is 7.23. The number of amides is 4. The molecule has 1 aromatic carbocycles. The number of hydrogen-bond acceptors (Lipinski definition) is 11. The van der Waals surface area contributed by atoms with E-state index in [9.17, 15) is 19.2 Å². The molecule has 0 saturated carbocycles. The zero-order chi connectivity index (χ0) is 34.8. The molecule has 3 N–H and O–H groups in total. The maximum atomic E-state index is 13.5. The zero-order valence-electron chi connectivity index (χ0n) is 27.9. The third kappa shape index (κ3) is 10.2. The second-order valence-corrected chi connectivity index (χ2v) is 14.2. The minimum absolute atomic E-state index is 0.0845. The van der Waals surface area contributed by atoms with Gasteiger partial charge in [0.2, 0.25) is 11.8 Å². The Morgan fingerprint density at radius 2 is 1.63 bits per heavy atom. The van der Waals surface area contributed by atoms with Crippen LogP contribution in [0.25, 0.3) is 0 Å². The molecule has 1 aliphatic rings. The molecule has 4 amide bonds. The molecule has 14 nitrogen and oxygen atoms in total. The highest BCUT2D eigenvalue weighted by molar-refractivity contribution is 7.10. The number of aromatic nitrogens is 6. The lowest BCUT2D eigenvalue weighted by molar-refractivity contribution is -0.132. The molecule has 0 radical (unpaired) electrons. The van der Waals surface area contributed by atoms with Crippen LogP contribution >= 0.6 is 22.7 Å². The van der Waals surface area contributed by atoms with Crippen molar-refractivity contribution in [2.75, 3.05) is 19.6 Å². The molecule has 49 heavy (non-hydrogen) atoms. The maximum absolute atomic E-state index is 13.5. The average molecular weight is 707 g/mol. The molecule has 16 heteroatoms. The maximum Gasteiger partial charge on any atom is 0.271 e. The lowest BCUT2D eigenvalue weighted by Crippen LogP contribution is -2.36. The Labute approximate surface area is 293 Å². The molecule has 4 aromatic rings. The van der Waals surface area contributed by atoms with E-state index in [1.807, 2.05) is 30.3 Å². The summed E-state index contributed by atoms with van der Waals surface area (Å²) >= 11 is 2.65. The highest BCUT2D eigenvalue weighted by Crippen LogP contribution is 2.27. The van der Waals surface area contributed by atoms with E-state index < -0.39 is 6.04 Å². The van der Waals surface area contributed by atoms with Crippen LogP contribution in [0.1, 0.15) is 100 Å². The van der Waals surface area contributed by atoms with Gasteiger partial charge < -0.3 is 20.9 Å². The van der Waals surface area contributed by atoms with Gasteiger partial charge in [-0.25, -0.2) is 14.6 Å². The first-order chi connectivity index (χ1) is 23.7. The van der Waals surface area contributed by atoms with Crippen LogP contribution in [0.3, 0.4) is 0 Å². The van der Waals surface area contributed by atoms with E-state index in [2.05, 4.69) is 55.3 Å². The number of tetrazole rings is 1. The van der Waals surface area contributed by atoms with Crippen LogP contribution in [0, 0.1) is 12.8 Å². The molecule has 3 aromatic heterocycles. The number of aryl methyl sites for hydroxylation is 2. The van der Waals surface area contributed by atoms with Crippen molar-refractivity contribution in [2.24, 2.45) is 5.92 Å². The Balaban J connectivity index is 1.37. The third-order valence-corrected chi connectivity index (χ3v) is 9.98. The van der Waals surface area contributed by atoms with E-state index >= 15 is 0 Å². The molecule has 5 rings (SSSR count). The molecule has 0 fully saturated rings. The normalized spacial score (nSPS) is 18.4. The zero-order valence-corrected chi connectivity index (χ0v) is 29.6. The topological polar surface area (TPSA) is 177 Å². The van der Waals surface area contributed by atoms with Crippen LogP contribution in [-0.4, -0.2) is 78.3 Å². The van der Waals surface area contributed by atoms with E-state index in [1.54, 1.807) is 27.3 Å². The molecule has 4 heterocycles. The summed E-state index contributed by atoms with van der Waals surface area (Å²) in [5.74, 6) is -0.0344. The van der Waals surface area contributed by atoms with Crippen LogP contribution in [0.5, 0.6) is 0 Å². The quantitative estimate of drug-likeness (QED) is 0.259.